The Labute approximate surface area is 102 Å². The highest BCUT2D eigenvalue weighted by molar-refractivity contribution is 5.92. The zero-order valence-electron chi connectivity index (χ0n) is 9.37. The smallest absolute Gasteiger partial charge is 0.304 e. The Hall–Kier alpha value is -2.02. The maximum Gasteiger partial charge on any atom is 0.304 e. The molecule has 0 saturated carbocycles. The molecule has 98 valence electrons. The number of nitrogens with one attached hydrogen (secondary N) is 2. The molecule has 1 rings (SSSR count). The summed E-state index contributed by atoms with van der Waals surface area (Å²) in [5.41, 5.74) is 0.0116. The van der Waals surface area contributed by atoms with E-state index >= 15 is 0 Å². The summed E-state index contributed by atoms with van der Waals surface area (Å²) in [5.74, 6) is -3.06. The Morgan fingerprint density at radius 2 is 1.78 bits per heavy atom. The normalized spacial score (nSPS) is 10.1. The number of hydrogen-bond donors (Lipinski definition) is 3. The molecule has 18 heavy (non-hydrogen) atoms. The highest BCUT2D eigenvalue weighted by atomic mass is 19.1. The summed E-state index contributed by atoms with van der Waals surface area (Å²) in [6, 6.07) is 2.66. The minimum atomic E-state index is -0.977. The van der Waals surface area contributed by atoms with E-state index in [1.165, 1.54) is 0 Å². The van der Waals surface area contributed by atoms with Gasteiger partial charge in [0.15, 0.2) is 0 Å². The van der Waals surface area contributed by atoms with E-state index in [-0.39, 0.29) is 25.2 Å². The SMILES string of the molecule is O=C(O)CCNCC(=O)Nc1cc(F)cc(F)c1. The minimum absolute atomic E-state index is 0.0116. The molecule has 1 amide bonds. The Kier molecular flexibility index (Phi) is 5.19. The molecule has 5 nitrogen and oxygen atoms in total. The standard InChI is InChI=1S/C11H12F2N2O3/c12-7-3-8(13)5-9(4-7)15-10(16)6-14-2-1-11(17)18/h3-5,14H,1-2,6H2,(H,15,16)(H,17,18). The topological polar surface area (TPSA) is 78.4 Å². The molecule has 3 N–H and O–H groups in total. The third-order valence-electron chi connectivity index (χ3n) is 1.95. The van der Waals surface area contributed by atoms with Gasteiger partial charge in [0.2, 0.25) is 5.91 Å². The fourth-order valence-electron chi connectivity index (χ4n) is 1.23. The quantitative estimate of drug-likeness (QED) is 0.664. The number of carboxylic acids is 1. The number of rotatable bonds is 6. The first-order chi connectivity index (χ1) is 8.47. The van der Waals surface area contributed by atoms with Crippen LogP contribution in [0.5, 0.6) is 0 Å². The summed E-state index contributed by atoms with van der Waals surface area (Å²) < 4.78 is 25.6. The van der Waals surface area contributed by atoms with Gasteiger partial charge in [-0.25, -0.2) is 8.78 Å². The van der Waals surface area contributed by atoms with E-state index in [4.69, 9.17) is 5.11 Å². The van der Waals surface area contributed by atoms with E-state index in [1.807, 2.05) is 0 Å². The predicted octanol–water partition coefficient (Wildman–Crippen LogP) is 0.968. The number of carboxylic acid groups (broad SMARTS) is 1. The van der Waals surface area contributed by atoms with Crippen molar-refractivity contribution in [3.8, 4) is 0 Å². The molecule has 0 heterocycles. The molecule has 0 aliphatic carbocycles. The number of carbonyl (C=O) groups excluding carboxylic acids is 1. The Balaban J connectivity index is 2.37. The average molecular weight is 258 g/mol. The van der Waals surface area contributed by atoms with E-state index in [0.29, 0.717) is 6.07 Å². The molecule has 0 spiro atoms. The van der Waals surface area contributed by atoms with Gasteiger partial charge in [0.25, 0.3) is 0 Å². The van der Waals surface area contributed by atoms with Gasteiger partial charge in [-0.2, -0.15) is 0 Å². The van der Waals surface area contributed by atoms with Gasteiger partial charge in [0.05, 0.1) is 13.0 Å². The van der Waals surface area contributed by atoms with Crippen molar-refractivity contribution in [2.75, 3.05) is 18.4 Å². The van der Waals surface area contributed by atoms with Crippen molar-refractivity contribution in [2.24, 2.45) is 0 Å². The summed E-state index contributed by atoms with van der Waals surface area (Å²) >= 11 is 0. The van der Waals surface area contributed by atoms with Gasteiger partial charge in [-0.3, -0.25) is 9.59 Å². The summed E-state index contributed by atoms with van der Waals surface area (Å²) in [5, 5.41) is 13.2. The van der Waals surface area contributed by atoms with Crippen LogP contribution in [0.25, 0.3) is 0 Å². The summed E-state index contributed by atoms with van der Waals surface area (Å²) in [6.07, 6.45) is -0.109. The lowest BCUT2D eigenvalue weighted by atomic mass is 10.3. The van der Waals surface area contributed by atoms with Gasteiger partial charge in [-0.15, -0.1) is 0 Å². The molecule has 0 atom stereocenters. The van der Waals surface area contributed by atoms with Gasteiger partial charge < -0.3 is 15.7 Å². The zero-order chi connectivity index (χ0) is 13.5. The summed E-state index contributed by atoms with van der Waals surface area (Å²) in [7, 11) is 0. The molecule has 0 aliphatic rings. The lowest BCUT2D eigenvalue weighted by molar-refractivity contribution is -0.137. The number of halogens is 2. The van der Waals surface area contributed by atoms with Crippen molar-refractivity contribution in [1.82, 2.24) is 5.32 Å². The Morgan fingerprint density at radius 3 is 2.33 bits per heavy atom. The first-order valence-electron chi connectivity index (χ1n) is 5.16. The first-order valence-corrected chi connectivity index (χ1v) is 5.16. The van der Waals surface area contributed by atoms with Gasteiger partial charge >= 0.3 is 5.97 Å². The van der Waals surface area contributed by atoms with E-state index in [1.54, 1.807) is 0 Å². The van der Waals surface area contributed by atoms with Crippen LogP contribution in [0, 0.1) is 11.6 Å². The largest absolute Gasteiger partial charge is 0.481 e. The molecule has 0 bridgehead atoms. The van der Waals surface area contributed by atoms with E-state index in [2.05, 4.69) is 10.6 Å². The molecule has 0 aliphatic heterocycles. The van der Waals surface area contributed by atoms with Gasteiger partial charge in [-0.1, -0.05) is 0 Å². The number of hydrogen-bond acceptors (Lipinski definition) is 3. The molecule has 0 aromatic heterocycles. The molecule has 0 saturated heterocycles. The molecule has 0 fully saturated rings. The van der Waals surface area contributed by atoms with Crippen LogP contribution in [-0.2, 0) is 9.59 Å². The van der Waals surface area contributed by atoms with Crippen LogP contribution in [0.15, 0.2) is 18.2 Å². The van der Waals surface area contributed by atoms with Crippen molar-refractivity contribution in [1.29, 1.82) is 0 Å². The second-order valence-electron chi connectivity index (χ2n) is 3.53. The number of amides is 1. The third-order valence-corrected chi connectivity index (χ3v) is 1.95. The minimum Gasteiger partial charge on any atom is -0.481 e. The van der Waals surface area contributed by atoms with Crippen LogP contribution in [-0.4, -0.2) is 30.1 Å². The van der Waals surface area contributed by atoms with Crippen molar-refractivity contribution >= 4 is 17.6 Å². The summed E-state index contributed by atoms with van der Waals surface area (Å²) in [4.78, 5) is 21.5. The molecule has 1 aromatic rings. The molecular weight excluding hydrogens is 246 g/mol. The van der Waals surface area contributed by atoms with Crippen molar-refractivity contribution < 1.29 is 23.5 Å². The number of aliphatic carboxylic acids is 1. The van der Waals surface area contributed by atoms with Crippen LogP contribution in [0.1, 0.15) is 6.42 Å². The highest BCUT2D eigenvalue weighted by Gasteiger charge is 2.05. The predicted molar refractivity (Wildman–Crippen MR) is 60.1 cm³/mol. The zero-order valence-corrected chi connectivity index (χ0v) is 9.37. The fourth-order valence-corrected chi connectivity index (χ4v) is 1.23. The third kappa shape index (κ3) is 5.35. The number of carbonyl (C=O) groups is 2. The summed E-state index contributed by atoms with van der Waals surface area (Å²) in [6.45, 7) is 0.00563. The molecule has 7 heteroatoms. The maximum absolute atomic E-state index is 12.8. The van der Waals surface area contributed by atoms with Gasteiger partial charge in [-0.05, 0) is 12.1 Å². The maximum atomic E-state index is 12.8. The van der Waals surface area contributed by atoms with E-state index in [9.17, 15) is 18.4 Å². The lowest BCUT2D eigenvalue weighted by Gasteiger charge is -2.06. The van der Waals surface area contributed by atoms with Crippen LogP contribution in [0.3, 0.4) is 0 Å². The van der Waals surface area contributed by atoms with Crippen LogP contribution in [0.2, 0.25) is 0 Å². The van der Waals surface area contributed by atoms with Gasteiger partial charge in [0, 0.05) is 18.3 Å². The van der Waals surface area contributed by atoms with Crippen LogP contribution >= 0.6 is 0 Å². The molecule has 0 unspecified atom stereocenters. The van der Waals surface area contributed by atoms with Crippen molar-refractivity contribution in [3.63, 3.8) is 0 Å². The lowest BCUT2D eigenvalue weighted by Crippen LogP contribution is -2.29. The fraction of sp³-hybridized carbons (Fsp3) is 0.273. The van der Waals surface area contributed by atoms with Crippen LogP contribution < -0.4 is 10.6 Å². The first kappa shape index (κ1) is 14.0. The second kappa shape index (κ2) is 6.65. The average Bonchev–Trinajstić information content (AvgIpc) is 2.22. The van der Waals surface area contributed by atoms with Gasteiger partial charge in [0.1, 0.15) is 11.6 Å². The monoisotopic (exact) mass is 258 g/mol. The highest BCUT2D eigenvalue weighted by Crippen LogP contribution is 2.12. The molecule has 1 aromatic carbocycles. The molecular formula is C11H12F2N2O3. The second-order valence-corrected chi connectivity index (χ2v) is 3.53. The van der Waals surface area contributed by atoms with Crippen molar-refractivity contribution in [3.05, 3.63) is 29.8 Å². The number of benzene rings is 1. The Morgan fingerprint density at radius 1 is 1.17 bits per heavy atom. The number of anilines is 1. The van der Waals surface area contributed by atoms with Crippen molar-refractivity contribution in [2.45, 2.75) is 6.42 Å². The van der Waals surface area contributed by atoms with E-state index in [0.717, 1.165) is 12.1 Å². The van der Waals surface area contributed by atoms with Crippen LogP contribution in [0.4, 0.5) is 14.5 Å². The Bertz CT molecular complexity index is 432. The molecule has 0 radical (unpaired) electrons. The van der Waals surface area contributed by atoms with E-state index < -0.39 is 23.5 Å².